The third-order valence-electron chi connectivity index (χ3n) is 2.02. The lowest BCUT2D eigenvalue weighted by Crippen LogP contribution is -2.24. The molecular formula is C11H14ClO4. The molecule has 1 aliphatic carbocycles. The molecule has 1 atom stereocenters. The first kappa shape index (κ1) is 13.1. The van der Waals surface area contributed by atoms with Crippen LogP contribution in [0.1, 0.15) is 12.8 Å². The summed E-state index contributed by atoms with van der Waals surface area (Å²) in [4.78, 5) is 10.3. The molecule has 0 aromatic rings. The summed E-state index contributed by atoms with van der Waals surface area (Å²) in [6.45, 7) is 0.285. The maximum Gasteiger partial charge on any atom is 0.303 e. The van der Waals surface area contributed by atoms with Crippen LogP contribution in [0.2, 0.25) is 0 Å². The number of hydrogen-bond acceptors (Lipinski definition) is 3. The van der Waals surface area contributed by atoms with Gasteiger partial charge in [0.05, 0.1) is 13.7 Å². The van der Waals surface area contributed by atoms with Crippen LogP contribution in [-0.2, 0) is 14.3 Å². The highest BCUT2D eigenvalue weighted by Crippen LogP contribution is 2.28. The van der Waals surface area contributed by atoms with E-state index in [0.29, 0.717) is 12.2 Å². The van der Waals surface area contributed by atoms with E-state index in [1.807, 2.05) is 0 Å². The van der Waals surface area contributed by atoms with Crippen molar-refractivity contribution in [2.45, 2.75) is 17.9 Å². The predicted molar refractivity (Wildman–Crippen MR) is 59.9 cm³/mol. The predicted octanol–water partition coefficient (Wildman–Crippen LogP) is 2.11. The van der Waals surface area contributed by atoms with Crippen LogP contribution < -0.4 is 0 Å². The molecule has 1 N–H and O–H groups in total. The zero-order valence-electron chi connectivity index (χ0n) is 8.98. The average Bonchev–Trinajstić information content (AvgIpc) is 2.24. The van der Waals surface area contributed by atoms with Gasteiger partial charge in [-0.05, 0) is 12.5 Å². The molecule has 0 aromatic carbocycles. The van der Waals surface area contributed by atoms with E-state index in [-0.39, 0.29) is 13.0 Å². The van der Waals surface area contributed by atoms with Gasteiger partial charge in [-0.15, -0.1) is 0 Å². The summed E-state index contributed by atoms with van der Waals surface area (Å²) < 4.78 is 10.4. The van der Waals surface area contributed by atoms with E-state index in [0.717, 1.165) is 0 Å². The number of carbonyl (C=O) groups is 1. The molecule has 0 fully saturated rings. The van der Waals surface area contributed by atoms with E-state index in [1.165, 1.54) is 0 Å². The number of halogens is 1. The second kappa shape index (κ2) is 5.92. The summed E-state index contributed by atoms with van der Waals surface area (Å²) >= 11 is 6.13. The summed E-state index contributed by atoms with van der Waals surface area (Å²) in [5.41, 5.74) is 0. The quantitative estimate of drug-likeness (QED) is 0.575. The van der Waals surface area contributed by atoms with E-state index >= 15 is 0 Å². The smallest absolute Gasteiger partial charge is 0.303 e. The number of alkyl halides is 1. The molecule has 16 heavy (non-hydrogen) atoms. The highest BCUT2D eigenvalue weighted by Gasteiger charge is 2.25. The van der Waals surface area contributed by atoms with Crippen LogP contribution in [0.25, 0.3) is 0 Å². The van der Waals surface area contributed by atoms with Crippen LogP contribution in [0.3, 0.4) is 0 Å². The number of hydrogen-bond donors (Lipinski definition) is 1. The zero-order valence-corrected chi connectivity index (χ0v) is 9.74. The lowest BCUT2D eigenvalue weighted by Gasteiger charge is -2.24. The maximum absolute atomic E-state index is 10.3. The van der Waals surface area contributed by atoms with E-state index in [1.54, 1.807) is 31.8 Å². The van der Waals surface area contributed by atoms with Crippen LogP contribution in [-0.4, -0.2) is 29.9 Å². The fourth-order valence-corrected chi connectivity index (χ4v) is 1.49. The third kappa shape index (κ3) is 4.24. The number of ether oxygens (including phenoxy) is 2. The molecule has 1 unspecified atom stereocenters. The number of carboxylic acid groups (broad SMARTS) is 1. The Balaban J connectivity index is 2.39. The molecule has 89 valence electrons. The SMILES string of the molecule is COC1=CC(Cl)(OCCCC(=O)O)C=C[CH]1. The first-order chi connectivity index (χ1) is 7.56. The van der Waals surface area contributed by atoms with Gasteiger partial charge in [0.25, 0.3) is 0 Å². The summed E-state index contributed by atoms with van der Waals surface area (Å²) in [6, 6.07) is 0. The van der Waals surface area contributed by atoms with Gasteiger partial charge < -0.3 is 14.6 Å². The van der Waals surface area contributed by atoms with E-state index in [9.17, 15) is 4.79 Å². The summed E-state index contributed by atoms with van der Waals surface area (Å²) in [5.74, 6) is -0.219. The van der Waals surface area contributed by atoms with Gasteiger partial charge >= 0.3 is 5.97 Å². The largest absolute Gasteiger partial charge is 0.501 e. The summed E-state index contributed by atoms with van der Waals surface area (Å²) in [5, 5.41) is 7.43. The molecule has 4 nitrogen and oxygen atoms in total. The molecule has 0 aliphatic heterocycles. The van der Waals surface area contributed by atoms with Gasteiger partial charge in [-0.2, -0.15) is 0 Å². The summed E-state index contributed by atoms with van der Waals surface area (Å²) in [7, 11) is 1.54. The number of carboxylic acids is 1. The van der Waals surface area contributed by atoms with Crippen LogP contribution in [0.4, 0.5) is 0 Å². The molecule has 0 amide bonds. The Labute approximate surface area is 99.5 Å². The fourth-order valence-electron chi connectivity index (χ4n) is 1.23. The van der Waals surface area contributed by atoms with Crippen molar-refractivity contribution in [1.82, 2.24) is 0 Å². The first-order valence-corrected chi connectivity index (χ1v) is 5.27. The molecule has 1 rings (SSSR count). The monoisotopic (exact) mass is 245 g/mol. The Morgan fingerprint density at radius 1 is 1.62 bits per heavy atom. The Morgan fingerprint density at radius 3 is 3.00 bits per heavy atom. The molecule has 5 heteroatoms. The van der Waals surface area contributed by atoms with Crippen molar-refractivity contribution in [3.05, 3.63) is 30.4 Å². The number of aliphatic carboxylic acids is 1. The lowest BCUT2D eigenvalue weighted by molar-refractivity contribution is -0.137. The van der Waals surface area contributed by atoms with Crippen molar-refractivity contribution in [3.63, 3.8) is 0 Å². The van der Waals surface area contributed by atoms with E-state index < -0.39 is 11.0 Å². The standard InChI is InChI=1S/C11H14ClO4/c1-15-9-4-2-6-11(12,8-9)16-7-3-5-10(13)14/h2,4,6,8H,3,5,7H2,1H3,(H,13,14). The first-order valence-electron chi connectivity index (χ1n) is 4.90. The highest BCUT2D eigenvalue weighted by molar-refractivity contribution is 6.25. The molecule has 0 bridgehead atoms. The van der Waals surface area contributed by atoms with Gasteiger partial charge in [0.15, 0.2) is 5.06 Å². The van der Waals surface area contributed by atoms with Crippen molar-refractivity contribution in [2.75, 3.05) is 13.7 Å². The van der Waals surface area contributed by atoms with Crippen molar-refractivity contribution >= 4 is 17.6 Å². The van der Waals surface area contributed by atoms with Crippen molar-refractivity contribution < 1.29 is 19.4 Å². The fraction of sp³-hybridized carbons (Fsp3) is 0.455. The van der Waals surface area contributed by atoms with Crippen LogP contribution >= 0.6 is 11.6 Å². The van der Waals surface area contributed by atoms with Crippen molar-refractivity contribution in [2.24, 2.45) is 0 Å². The second-order valence-electron chi connectivity index (χ2n) is 3.32. The summed E-state index contributed by atoms with van der Waals surface area (Å²) in [6.07, 6.45) is 7.32. The number of rotatable bonds is 6. The lowest BCUT2D eigenvalue weighted by atomic mass is 10.1. The minimum atomic E-state index is -1.03. The Morgan fingerprint density at radius 2 is 2.38 bits per heavy atom. The van der Waals surface area contributed by atoms with Gasteiger partial charge in [-0.25, -0.2) is 0 Å². The third-order valence-corrected chi connectivity index (χ3v) is 2.36. The number of methoxy groups -OCH3 is 1. The topological polar surface area (TPSA) is 55.8 Å². The molecule has 0 aromatic heterocycles. The van der Waals surface area contributed by atoms with E-state index in [4.69, 9.17) is 26.2 Å². The van der Waals surface area contributed by atoms with Gasteiger partial charge in [0, 0.05) is 18.9 Å². The van der Waals surface area contributed by atoms with Gasteiger partial charge in [0.2, 0.25) is 0 Å². The van der Waals surface area contributed by atoms with E-state index in [2.05, 4.69) is 0 Å². The van der Waals surface area contributed by atoms with Crippen LogP contribution in [0.15, 0.2) is 24.0 Å². The molecule has 0 saturated heterocycles. The zero-order chi connectivity index (χ0) is 12.0. The molecule has 1 aliphatic rings. The van der Waals surface area contributed by atoms with Gasteiger partial charge in [-0.3, -0.25) is 4.79 Å². The molecule has 0 heterocycles. The highest BCUT2D eigenvalue weighted by atomic mass is 35.5. The average molecular weight is 246 g/mol. The minimum absolute atomic E-state index is 0.0731. The normalized spacial score (nSPS) is 24.0. The minimum Gasteiger partial charge on any atom is -0.501 e. The van der Waals surface area contributed by atoms with Crippen molar-refractivity contribution in [3.8, 4) is 0 Å². The Bertz CT molecular complexity index is 311. The van der Waals surface area contributed by atoms with Gasteiger partial charge in [-0.1, -0.05) is 17.7 Å². The van der Waals surface area contributed by atoms with Crippen LogP contribution in [0.5, 0.6) is 0 Å². The molecule has 0 spiro atoms. The molecule has 0 saturated carbocycles. The molecule has 1 radical (unpaired) electrons. The Hall–Kier alpha value is -1.00. The molecular weight excluding hydrogens is 232 g/mol. The second-order valence-corrected chi connectivity index (χ2v) is 3.91. The van der Waals surface area contributed by atoms with Gasteiger partial charge in [0.1, 0.15) is 5.76 Å². The maximum atomic E-state index is 10.3. The van der Waals surface area contributed by atoms with Crippen molar-refractivity contribution in [1.29, 1.82) is 0 Å². The Kier molecular flexibility index (Phi) is 4.83. The van der Waals surface area contributed by atoms with Crippen LogP contribution in [0, 0.1) is 6.42 Å². The number of allylic oxidation sites excluding steroid dienone is 1.